The van der Waals surface area contributed by atoms with Gasteiger partial charge in [0, 0.05) is 11.9 Å². The first-order chi connectivity index (χ1) is 25.3. The van der Waals surface area contributed by atoms with Gasteiger partial charge in [0.25, 0.3) is 0 Å². The molecule has 3 heterocycles. The standard InChI is InChI=1S/C19H32O2.C11H20.C7H5ClO3.C3H6O2.C2H4O3/c1-4-6-7-8-9-10-16(5-2)13-18-17(21-18)12-11-15(3)19-14-20-19;1-4-6-7-8-9-10-11(3)5-2;8-6-3-1-2-5(4-6)7(9)11-10;1-3(2)4-5-3;1-2(3)5-4/h5,7-8,15-19H,2,4,6,9-14H2,1,3H3;5,7-8,11H,2,4,6,9-10H2,1,3H3;1-4,10H;1-2H3;4H,1H3/b2*8-7+;;;. The zero-order chi connectivity index (χ0) is 40.1. The zero-order valence-corrected chi connectivity index (χ0v) is 33.9. The lowest BCUT2D eigenvalue weighted by molar-refractivity contribution is -0.231. The Morgan fingerprint density at radius 3 is 1.91 bits per heavy atom. The van der Waals surface area contributed by atoms with Crippen LogP contribution in [0.4, 0.5) is 0 Å². The van der Waals surface area contributed by atoms with E-state index in [0.717, 1.165) is 20.0 Å². The average molecular weight is 767 g/mol. The van der Waals surface area contributed by atoms with E-state index in [-0.39, 0.29) is 11.4 Å². The fourth-order valence-corrected chi connectivity index (χ4v) is 4.80. The third-order valence-electron chi connectivity index (χ3n) is 8.28. The Balaban J connectivity index is 0.000000715. The van der Waals surface area contributed by atoms with Crippen molar-refractivity contribution in [3.8, 4) is 0 Å². The number of epoxide rings is 2. The molecule has 0 radical (unpaired) electrons. The highest BCUT2D eigenvalue weighted by Crippen LogP contribution is 2.36. The molecule has 0 saturated carbocycles. The summed E-state index contributed by atoms with van der Waals surface area (Å²) >= 11 is 5.56. The Hall–Kier alpha value is -2.83. The second kappa shape index (κ2) is 30.5. The SMILES string of the molecule is C=CC(C)CC/C=C/CCC.C=CC(CC/C=C/CCC)CC1OC1CCC(C)C1CO1.CC(=O)OO.CC1(C)OO1.O=C(OO)c1cccc(Cl)c1. The highest BCUT2D eigenvalue weighted by molar-refractivity contribution is 6.30. The Labute approximate surface area is 324 Å². The maximum absolute atomic E-state index is 10.6. The van der Waals surface area contributed by atoms with Crippen molar-refractivity contribution < 1.29 is 49.1 Å². The van der Waals surface area contributed by atoms with E-state index >= 15 is 0 Å². The third-order valence-corrected chi connectivity index (χ3v) is 8.52. The first kappa shape index (κ1) is 50.2. The van der Waals surface area contributed by atoms with Crippen molar-refractivity contribution in [1.29, 1.82) is 0 Å². The van der Waals surface area contributed by atoms with Gasteiger partial charge in [0.1, 0.15) is 0 Å². The number of benzene rings is 1. The van der Waals surface area contributed by atoms with Crippen molar-refractivity contribution in [3.63, 3.8) is 0 Å². The molecule has 11 heteroatoms. The summed E-state index contributed by atoms with van der Waals surface area (Å²) in [5, 5.41) is 15.7. The molecule has 0 bridgehead atoms. The predicted molar refractivity (Wildman–Crippen MR) is 211 cm³/mol. The van der Waals surface area contributed by atoms with E-state index in [0.29, 0.717) is 41.1 Å². The van der Waals surface area contributed by atoms with Crippen LogP contribution in [-0.2, 0) is 33.8 Å². The third kappa shape index (κ3) is 30.2. The molecule has 1 aromatic rings. The fourth-order valence-electron chi connectivity index (χ4n) is 4.61. The summed E-state index contributed by atoms with van der Waals surface area (Å²) < 4.78 is 11.2. The molecule has 0 spiro atoms. The second-order valence-electron chi connectivity index (χ2n) is 13.8. The number of carbonyl (C=O) groups excluding carboxylic acids is 2. The van der Waals surface area contributed by atoms with E-state index < -0.39 is 11.9 Å². The quantitative estimate of drug-likeness (QED) is 0.0604. The number of carbonyl (C=O) groups is 2. The van der Waals surface area contributed by atoms with E-state index in [2.05, 4.69) is 90.8 Å². The first-order valence-electron chi connectivity index (χ1n) is 18.9. The number of allylic oxidation sites excluding steroid dienone is 6. The van der Waals surface area contributed by atoms with E-state index in [9.17, 15) is 9.59 Å². The van der Waals surface area contributed by atoms with Crippen LogP contribution < -0.4 is 0 Å². The largest absolute Gasteiger partial charge is 0.373 e. The highest BCUT2D eigenvalue weighted by atomic mass is 35.5. The molecule has 3 aliphatic rings. The van der Waals surface area contributed by atoms with Crippen molar-refractivity contribution in [1.82, 2.24) is 0 Å². The van der Waals surface area contributed by atoms with E-state index in [1.807, 2.05) is 19.9 Å². The Bertz CT molecular complexity index is 1190. The lowest BCUT2D eigenvalue weighted by Crippen LogP contribution is -2.07. The molecular formula is C42H67ClO10. The molecule has 4 rings (SSSR count). The molecule has 53 heavy (non-hydrogen) atoms. The monoisotopic (exact) mass is 766 g/mol. The number of unbranched alkanes of at least 4 members (excludes halogenated alkanes) is 2. The number of hydrogen-bond donors (Lipinski definition) is 2. The molecule has 10 nitrogen and oxygen atoms in total. The van der Waals surface area contributed by atoms with Gasteiger partial charge in [-0.05, 0) is 108 Å². The predicted octanol–water partition coefficient (Wildman–Crippen LogP) is 11.5. The van der Waals surface area contributed by atoms with Crippen LogP contribution in [0.15, 0.2) is 73.9 Å². The van der Waals surface area contributed by atoms with E-state index in [4.69, 9.17) is 31.6 Å². The number of halogens is 1. The van der Waals surface area contributed by atoms with Gasteiger partial charge in [0.05, 0.1) is 30.5 Å². The van der Waals surface area contributed by atoms with Gasteiger partial charge in [0.15, 0.2) is 0 Å². The minimum Gasteiger partial charge on any atom is -0.373 e. The summed E-state index contributed by atoms with van der Waals surface area (Å²) in [6.45, 7) is 22.5. The molecule has 6 atom stereocenters. The van der Waals surface area contributed by atoms with Crippen LogP contribution in [0.2, 0.25) is 5.02 Å². The topological polar surface area (TPSA) is 143 Å². The summed E-state index contributed by atoms with van der Waals surface area (Å²) in [5.74, 6) is 0.225. The van der Waals surface area contributed by atoms with Crippen LogP contribution in [0.3, 0.4) is 0 Å². The van der Waals surface area contributed by atoms with Crippen molar-refractivity contribution in [3.05, 3.63) is 84.5 Å². The minimum absolute atomic E-state index is 0.222. The summed E-state index contributed by atoms with van der Waals surface area (Å²) in [7, 11) is 0. The fraction of sp³-hybridized carbons (Fsp3) is 0.619. The van der Waals surface area contributed by atoms with Crippen LogP contribution in [0, 0.1) is 17.8 Å². The Kier molecular flexibility index (Phi) is 28.9. The average Bonchev–Trinajstić information content (AvgIpc) is 4.06. The number of hydrogen-bond acceptors (Lipinski definition) is 10. The maximum Gasteiger partial charge on any atom is 0.372 e. The van der Waals surface area contributed by atoms with Gasteiger partial charge in [-0.2, -0.15) is 20.3 Å². The zero-order valence-electron chi connectivity index (χ0n) is 33.2. The van der Waals surface area contributed by atoms with Crippen LogP contribution in [0.5, 0.6) is 0 Å². The second-order valence-corrected chi connectivity index (χ2v) is 14.2. The number of ether oxygens (including phenoxy) is 2. The summed E-state index contributed by atoms with van der Waals surface area (Å²) in [6.07, 6.45) is 28.2. The molecule has 1 aromatic carbocycles. The van der Waals surface area contributed by atoms with Gasteiger partial charge in [-0.1, -0.05) is 94.7 Å². The van der Waals surface area contributed by atoms with Crippen LogP contribution >= 0.6 is 11.6 Å². The molecule has 302 valence electrons. The smallest absolute Gasteiger partial charge is 0.372 e. The van der Waals surface area contributed by atoms with Gasteiger partial charge in [-0.15, -0.1) is 13.2 Å². The molecule has 3 aliphatic heterocycles. The summed E-state index contributed by atoms with van der Waals surface area (Å²) in [4.78, 5) is 35.4. The molecule has 3 saturated heterocycles. The van der Waals surface area contributed by atoms with Gasteiger partial charge in [-0.3, -0.25) is 4.89 Å². The van der Waals surface area contributed by atoms with Crippen molar-refractivity contribution in [2.45, 2.75) is 143 Å². The van der Waals surface area contributed by atoms with Crippen LogP contribution in [0.1, 0.15) is 129 Å². The summed E-state index contributed by atoms with van der Waals surface area (Å²) in [5.41, 5.74) is 0.222. The van der Waals surface area contributed by atoms with Crippen LogP contribution in [-0.4, -0.2) is 53.2 Å². The lowest BCUT2D eigenvalue weighted by atomic mass is 9.94. The molecule has 6 unspecified atom stereocenters. The highest BCUT2D eigenvalue weighted by Gasteiger charge is 2.40. The normalized spacial score (nSPS) is 20.2. The maximum atomic E-state index is 10.6. The molecular weight excluding hydrogens is 700 g/mol. The van der Waals surface area contributed by atoms with Crippen molar-refractivity contribution >= 4 is 23.5 Å². The van der Waals surface area contributed by atoms with Crippen molar-refractivity contribution in [2.24, 2.45) is 17.8 Å². The first-order valence-corrected chi connectivity index (χ1v) is 19.3. The van der Waals surface area contributed by atoms with Gasteiger partial charge in [0.2, 0.25) is 5.79 Å². The number of rotatable bonds is 19. The van der Waals surface area contributed by atoms with Crippen LogP contribution in [0.25, 0.3) is 0 Å². The van der Waals surface area contributed by atoms with Gasteiger partial charge < -0.3 is 14.4 Å². The molecule has 0 aliphatic carbocycles. The van der Waals surface area contributed by atoms with Gasteiger partial charge >= 0.3 is 11.9 Å². The van der Waals surface area contributed by atoms with E-state index in [1.165, 1.54) is 76.3 Å². The molecule has 3 fully saturated rings. The molecule has 0 aromatic heterocycles. The molecule has 2 N–H and O–H groups in total. The van der Waals surface area contributed by atoms with Gasteiger partial charge in [-0.25, -0.2) is 9.59 Å². The Morgan fingerprint density at radius 1 is 0.925 bits per heavy atom. The molecule has 0 amide bonds. The lowest BCUT2D eigenvalue weighted by Gasteiger charge is -2.09. The van der Waals surface area contributed by atoms with Crippen molar-refractivity contribution in [2.75, 3.05) is 6.61 Å². The Morgan fingerprint density at radius 2 is 1.47 bits per heavy atom. The minimum atomic E-state index is -0.813. The van der Waals surface area contributed by atoms with E-state index in [1.54, 1.807) is 12.1 Å². The summed E-state index contributed by atoms with van der Waals surface area (Å²) in [6, 6.07) is 6.11.